The number of rotatable bonds is 3. The topological polar surface area (TPSA) is 79.9 Å². The molecule has 0 radical (unpaired) electrons. The van der Waals surface area contributed by atoms with Gasteiger partial charge in [-0.15, -0.1) is 0 Å². The fraction of sp³-hybridized carbons (Fsp3) is 0.545. The Kier molecular flexibility index (Phi) is 3.72. The SMILES string of the molecule is CC(C)(C)OC(=O)[C@@H](O)[C@@H](O)c1ccco1. The van der Waals surface area contributed by atoms with E-state index < -0.39 is 23.8 Å². The van der Waals surface area contributed by atoms with Gasteiger partial charge in [0.25, 0.3) is 0 Å². The smallest absolute Gasteiger partial charge is 0.338 e. The summed E-state index contributed by atoms with van der Waals surface area (Å²) >= 11 is 0. The number of aliphatic hydroxyl groups is 2. The van der Waals surface area contributed by atoms with Crippen molar-refractivity contribution in [1.29, 1.82) is 0 Å². The van der Waals surface area contributed by atoms with Crippen molar-refractivity contribution in [3.05, 3.63) is 24.2 Å². The zero-order valence-corrected chi connectivity index (χ0v) is 9.51. The molecule has 1 rings (SSSR count). The highest BCUT2D eigenvalue weighted by Crippen LogP contribution is 2.19. The number of aliphatic hydroxyl groups excluding tert-OH is 2. The van der Waals surface area contributed by atoms with Gasteiger partial charge < -0.3 is 19.4 Å². The number of hydrogen-bond donors (Lipinski definition) is 2. The number of esters is 1. The number of ether oxygens (including phenoxy) is 1. The minimum absolute atomic E-state index is 0.123. The standard InChI is InChI=1S/C11H16O5/c1-11(2,3)16-10(14)9(13)8(12)7-5-4-6-15-7/h4-6,8-9,12-13H,1-3H3/t8-,9-/m0/s1. The zero-order chi connectivity index (χ0) is 12.3. The summed E-state index contributed by atoms with van der Waals surface area (Å²) in [6.45, 7) is 5.03. The largest absolute Gasteiger partial charge is 0.466 e. The molecule has 90 valence electrons. The Morgan fingerprint density at radius 1 is 1.44 bits per heavy atom. The Bertz CT molecular complexity index is 336. The van der Waals surface area contributed by atoms with Gasteiger partial charge in [-0.1, -0.05) is 0 Å². The van der Waals surface area contributed by atoms with E-state index in [1.807, 2.05) is 0 Å². The molecule has 5 heteroatoms. The maximum absolute atomic E-state index is 11.4. The van der Waals surface area contributed by atoms with Crippen LogP contribution in [0.1, 0.15) is 32.6 Å². The molecule has 2 N–H and O–H groups in total. The fourth-order valence-electron chi connectivity index (χ4n) is 1.11. The minimum Gasteiger partial charge on any atom is -0.466 e. The van der Waals surface area contributed by atoms with Gasteiger partial charge in [0.05, 0.1) is 6.26 Å². The minimum atomic E-state index is -1.65. The van der Waals surface area contributed by atoms with E-state index in [2.05, 4.69) is 0 Å². The lowest BCUT2D eigenvalue weighted by molar-refractivity contribution is -0.172. The first-order chi connectivity index (χ1) is 7.31. The average molecular weight is 228 g/mol. The van der Waals surface area contributed by atoms with Crippen LogP contribution in [-0.4, -0.2) is 27.9 Å². The molecule has 16 heavy (non-hydrogen) atoms. The maximum Gasteiger partial charge on any atom is 0.338 e. The lowest BCUT2D eigenvalue weighted by Gasteiger charge is -2.23. The van der Waals surface area contributed by atoms with Crippen LogP contribution >= 0.6 is 0 Å². The number of carbonyl (C=O) groups excluding carboxylic acids is 1. The monoisotopic (exact) mass is 228 g/mol. The summed E-state index contributed by atoms with van der Waals surface area (Å²) in [6.07, 6.45) is -1.71. The third kappa shape index (κ3) is 3.36. The van der Waals surface area contributed by atoms with Crippen molar-refractivity contribution in [2.75, 3.05) is 0 Å². The van der Waals surface area contributed by atoms with E-state index >= 15 is 0 Å². The van der Waals surface area contributed by atoms with Crippen LogP contribution in [0.15, 0.2) is 22.8 Å². The van der Waals surface area contributed by atoms with Gasteiger partial charge in [0.1, 0.15) is 17.5 Å². The normalized spacial score (nSPS) is 15.6. The van der Waals surface area contributed by atoms with E-state index in [9.17, 15) is 15.0 Å². The molecule has 0 unspecified atom stereocenters. The van der Waals surface area contributed by atoms with Gasteiger partial charge in [0, 0.05) is 0 Å². The second kappa shape index (κ2) is 4.67. The predicted molar refractivity (Wildman–Crippen MR) is 55.5 cm³/mol. The van der Waals surface area contributed by atoms with Crippen molar-refractivity contribution in [3.8, 4) is 0 Å². The zero-order valence-electron chi connectivity index (χ0n) is 9.51. The quantitative estimate of drug-likeness (QED) is 0.755. The molecule has 0 amide bonds. The predicted octanol–water partition coefficient (Wildman–Crippen LogP) is 1.02. The molecule has 0 aliphatic carbocycles. The summed E-state index contributed by atoms with van der Waals surface area (Å²) < 4.78 is 9.81. The molecular formula is C11H16O5. The van der Waals surface area contributed by atoms with Gasteiger partial charge in [-0.25, -0.2) is 4.79 Å². The molecule has 1 heterocycles. The average Bonchev–Trinajstić information content (AvgIpc) is 2.65. The number of carbonyl (C=O) groups is 1. The summed E-state index contributed by atoms with van der Waals surface area (Å²) in [4.78, 5) is 11.4. The Balaban J connectivity index is 2.64. The molecule has 2 atom stereocenters. The molecule has 0 aliphatic rings. The molecule has 0 aromatic carbocycles. The van der Waals surface area contributed by atoms with Gasteiger partial charge in [-0.05, 0) is 32.9 Å². The first kappa shape index (κ1) is 12.7. The number of furan rings is 1. The summed E-state index contributed by atoms with van der Waals surface area (Å²) in [6, 6.07) is 3.03. The Hall–Kier alpha value is -1.33. The third-order valence-corrected chi connectivity index (χ3v) is 1.78. The van der Waals surface area contributed by atoms with Crippen LogP contribution in [0.25, 0.3) is 0 Å². The van der Waals surface area contributed by atoms with Crippen LogP contribution in [0.5, 0.6) is 0 Å². The molecule has 0 spiro atoms. The highest BCUT2D eigenvalue weighted by molar-refractivity contribution is 5.75. The molecule has 1 aromatic rings. The molecule has 0 aliphatic heterocycles. The molecule has 1 aromatic heterocycles. The summed E-state index contributed by atoms with van der Waals surface area (Å²) in [5.41, 5.74) is -0.707. The highest BCUT2D eigenvalue weighted by Gasteiger charge is 2.31. The first-order valence-electron chi connectivity index (χ1n) is 4.93. The van der Waals surface area contributed by atoms with Crippen molar-refractivity contribution in [2.45, 2.75) is 38.6 Å². The van der Waals surface area contributed by atoms with Crippen molar-refractivity contribution < 1.29 is 24.2 Å². The number of hydrogen-bond acceptors (Lipinski definition) is 5. The highest BCUT2D eigenvalue weighted by atomic mass is 16.6. The fourth-order valence-corrected chi connectivity index (χ4v) is 1.11. The molecule has 0 fully saturated rings. The van der Waals surface area contributed by atoms with Gasteiger partial charge in [-0.2, -0.15) is 0 Å². The van der Waals surface area contributed by atoms with E-state index in [-0.39, 0.29) is 5.76 Å². The molecule has 0 saturated heterocycles. The van der Waals surface area contributed by atoms with Crippen molar-refractivity contribution in [3.63, 3.8) is 0 Å². The Morgan fingerprint density at radius 3 is 2.50 bits per heavy atom. The van der Waals surface area contributed by atoms with E-state index in [1.54, 1.807) is 26.8 Å². The van der Waals surface area contributed by atoms with Crippen LogP contribution in [0.4, 0.5) is 0 Å². The van der Waals surface area contributed by atoms with Crippen LogP contribution in [0, 0.1) is 0 Å². The Labute approximate surface area is 93.6 Å². The van der Waals surface area contributed by atoms with E-state index in [1.165, 1.54) is 12.3 Å². The second-order valence-electron chi connectivity index (χ2n) is 4.44. The lowest BCUT2D eigenvalue weighted by Crippen LogP contribution is -2.35. The van der Waals surface area contributed by atoms with Crippen molar-refractivity contribution >= 4 is 5.97 Å². The van der Waals surface area contributed by atoms with Crippen LogP contribution in [-0.2, 0) is 9.53 Å². The summed E-state index contributed by atoms with van der Waals surface area (Å²) in [5.74, 6) is -0.755. The Morgan fingerprint density at radius 2 is 2.06 bits per heavy atom. The van der Waals surface area contributed by atoms with Crippen LogP contribution < -0.4 is 0 Å². The van der Waals surface area contributed by atoms with Crippen LogP contribution in [0.3, 0.4) is 0 Å². The maximum atomic E-state index is 11.4. The van der Waals surface area contributed by atoms with Crippen molar-refractivity contribution in [1.82, 2.24) is 0 Å². The molecule has 0 saturated carbocycles. The molecule has 0 bridgehead atoms. The van der Waals surface area contributed by atoms with Gasteiger partial charge in [-0.3, -0.25) is 0 Å². The lowest BCUT2D eigenvalue weighted by atomic mass is 10.1. The molecule has 5 nitrogen and oxygen atoms in total. The first-order valence-corrected chi connectivity index (χ1v) is 4.93. The second-order valence-corrected chi connectivity index (χ2v) is 4.44. The summed E-state index contributed by atoms with van der Waals surface area (Å²) in [5, 5.41) is 19.1. The van der Waals surface area contributed by atoms with Gasteiger partial charge >= 0.3 is 5.97 Å². The molecular weight excluding hydrogens is 212 g/mol. The van der Waals surface area contributed by atoms with E-state index in [4.69, 9.17) is 9.15 Å². The van der Waals surface area contributed by atoms with E-state index in [0.717, 1.165) is 0 Å². The van der Waals surface area contributed by atoms with Gasteiger partial charge in [0.2, 0.25) is 0 Å². The van der Waals surface area contributed by atoms with Crippen LogP contribution in [0.2, 0.25) is 0 Å². The third-order valence-electron chi connectivity index (χ3n) is 1.78. The summed E-state index contributed by atoms with van der Waals surface area (Å²) in [7, 11) is 0. The van der Waals surface area contributed by atoms with Gasteiger partial charge in [0.15, 0.2) is 6.10 Å². The van der Waals surface area contributed by atoms with Crippen molar-refractivity contribution in [2.24, 2.45) is 0 Å². The van der Waals surface area contributed by atoms with E-state index in [0.29, 0.717) is 0 Å².